The first-order chi connectivity index (χ1) is 16.5. The molecule has 0 aromatic heterocycles. The van der Waals surface area contributed by atoms with Crippen LogP contribution in [0, 0.1) is 16.7 Å². The zero-order valence-corrected chi connectivity index (χ0v) is 23.8. The average molecular weight is 517 g/mol. The highest BCUT2D eigenvalue weighted by Gasteiger charge is 2.56. The fraction of sp³-hybridized carbons (Fsp3) is 0.885. The van der Waals surface area contributed by atoms with Gasteiger partial charge in [-0.1, -0.05) is 46.1 Å². The smallest absolute Gasteiger partial charge is 0.228 e. The van der Waals surface area contributed by atoms with E-state index in [1.165, 1.54) is 0 Å². The lowest BCUT2D eigenvalue weighted by molar-refractivity contribution is -0.520. The Bertz CT molecular complexity index is 792. The Hall–Kier alpha value is -0.870. The molecule has 7 nitrogen and oxygen atoms in total. The molecule has 2 heterocycles. The largest absolute Gasteiger partial charge is 0.384 e. The zero-order chi connectivity index (χ0) is 26.4. The van der Waals surface area contributed by atoms with Crippen molar-refractivity contribution < 1.29 is 17.9 Å². The number of nitrogens with zero attached hydrogens (tertiary/aromatic N) is 1. The number of allylic oxidation sites excluding steroid dienone is 1. The van der Waals surface area contributed by atoms with Gasteiger partial charge >= 0.3 is 0 Å². The number of carbonyl (C=O) groups excluding carboxylic acids is 1. The van der Waals surface area contributed by atoms with Crippen LogP contribution in [-0.4, -0.2) is 67.0 Å². The molecule has 0 bridgehead atoms. The second-order valence-electron chi connectivity index (χ2n) is 10.8. The Morgan fingerprint density at radius 3 is 2.60 bits per heavy atom. The molecule has 2 aliphatic heterocycles. The second-order valence-corrected chi connectivity index (χ2v) is 12.9. The summed E-state index contributed by atoms with van der Waals surface area (Å²) in [6.45, 7) is 9.36. The van der Waals surface area contributed by atoms with Gasteiger partial charge in [0, 0.05) is 26.0 Å². The van der Waals surface area contributed by atoms with E-state index in [1.807, 2.05) is 0 Å². The van der Waals surface area contributed by atoms with Crippen LogP contribution in [0.2, 0.25) is 0 Å². The first kappa shape index (κ1) is 30.4. The first-order valence-electron chi connectivity index (χ1n) is 13.3. The summed E-state index contributed by atoms with van der Waals surface area (Å²) in [6, 6.07) is -0.0588. The van der Waals surface area contributed by atoms with E-state index in [-0.39, 0.29) is 57.3 Å². The Labute approximate surface area is 215 Å². The number of nitrogens with one attached hydrogen (secondary N) is 2. The average Bonchev–Trinajstić information content (AvgIpc) is 2.99. The zero-order valence-electron chi connectivity index (χ0n) is 23.0. The van der Waals surface area contributed by atoms with Gasteiger partial charge in [-0.2, -0.15) is 0 Å². The molecule has 0 aromatic carbocycles. The molecule has 0 saturated heterocycles. The molecule has 2 rings (SSSR count). The van der Waals surface area contributed by atoms with Crippen LogP contribution < -0.4 is 22.1 Å². The standard InChI is InChI=1S/C26H50FN5O2S/c1-8-11-13-25(9-2)14-12-19(27)16-30-20(15-25)21(22(28)29)23(33)31-24-26(10-3,17-34-6)18(4)32(5)35(24)7/h12,18,20-22,24,30H,8-11,13-17,28-29H2,1-7H3/p+1. The summed E-state index contributed by atoms with van der Waals surface area (Å²) < 4.78 is 22.6. The van der Waals surface area contributed by atoms with Crippen molar-refractivity contribution >= 4 is 16.6 Å². The number of halogens is 1. The molecule has 7 unspecified atom stereocenters. The number of methoxy groups -OCH3 is 1. The van der Waals surface area contributed by atoms with Gasteiger partial charge in [-0.05, 0) is 38.0 Å². The fourth-order valence-corrected chi connectivity index (χ4v) is 8.63. The molecule has 0 aliphatic carbocycles. The molecular formula is C26H51FN5O2S+. The van der Waals surface area contributed by atoms with Gasteiger partial charge < -0.3 is 26.8 Å². The lowest BCUT2D eigenvalue weighted by atomic mass is 9.69. The third-order valence-corrected chi connectivity index (χ3v) is 11.4. The van der Waals surface area contributed by atoms with Crippen LogP contribution in [0.25, 0.3) is 0 Å². The predicted molar refractivity (Wildman–Crippen MR) is 144 cm³/mol. The third kappa shape index (κ3) is 6.53. The van der Waals surface area contributed by atoms with E-state index < -0.39 is 12.1 Å². The SMILES string of the molecule is CCCCC1(CC)CC=C(F)CNC(C(C(=O)NC2S(C)=[N+](C)C(C)C2(CC)COC)C(N)N)C1. The predicted octanol–water partition coefficient (Wildman–Crippen LogP) is 3.00. The van der Waals surface area contributed by atoms with E-state index in [1.54, 1.807) is 13.2 Å². The molecule has 0 fully saturated rings. The van der Waals surface area contributed by atoms with E-state index >= 15 is 0 Å². The van der Waals surface area contributed by atoms with Crippen LogP contribution in [0.5, 0.6) is 0 Å². The number of rotatable bonds is 11. The number of unbranched alkanes of at least 4 members (excludes halogenated alkanes) is 1. The van der Waals surface area contributed by atoms with Gasteiger partial charge in [-0.15, -0.1) is 0 Å². The topological polar surface area (TPSA) is 105 Å². The third-order valence-electron chi connectivity index (χ3n) is 8.94. The second kappa shape index (κ2) is 13.1. The number of hydrogen-bond donors (Lipinski definition) is 4. The molecule has 9 heteroatoms. The highest BCUT2D eigenvalue weighted by atomic mass is 32.2. The molecule has 6 N–H and O–H groups in total. The van der Waals surface area contributed by atoms with E-state index in [2.05, 4.69) is 55.6 Å². The van der Waals surface area contributed by atoms with Crippen LogP contribution >= 0.6 is 0 Å². The van der Waals surface area contributed by atoms with Crippen molar-refractivity contribution in [3.05, 3.63) is 11.9 Å². The van der Waals surface area contributed by atoms with Gasteiger partial charge in [-0.25, -0.2) is 8.34 Å². The highest BCUT2D eigenvalue weighted by molar-refractivity contribution is 7.85. The minimum atomic E-state index is -0.853. The van der Waals surface area contributed by atoms with Gasteiger partial charge in [0.25, 0.3) is 0 Å². The molecule has 35 heavy (non-hydrogen) atoms. The minimum Gasteiger partial charge on any atom is -0.384 e. The molecule has 0 radical (unpaired) electrons. The van der Waals surface area contributed by atoms with E-state index in [0.29, 0.717) is 13.0 Å². The summed E-state index contributed by atoms with van der Waals surface area (Å²) >= 11 is 0. The molecular weight excluding hydrogens is 465 g/mol. The van der Waals surface area contributed by atoms with E-state index in [4.69, 9.17) is 16.2 Å². The molecule has 0 spiro atoms. The maximum absolute atomic E-state index is 14.6. The van der Waals surface area contributed by atoms with Crippen molar-refractivity contribution in [1.82, 2.24) is 10.6 Å². The van der Waals surface area contributed by atoms with Gasteiger partial charge in [0.1, 0.15) is 18.2 Å². The summed E-state index contributed by atoms with van der Waals surface area (Å²) in [5.41, 5.74) is 12.3. The van der Waals surface area contributed by atoms with Gasteiger partial charge in [0.05, 0.1) is 34.8 Å². The molecule has 2 aliphatic rings. The van der Waals surface area contributed by atoms with Crippen molar-refractivity contribution in [2.45, 2.75) is 96.3 Å². The van der Waals surface area contributed by atoms with Crippen LogP contribution in [-0.2, 0) is 20.2 Å². The van der Waals surface area contributed by atoms with Gasteiger partial charge in [-0.3, -0.25) is 4.79 Å². The highest BCUT2D eigenvalue weighted by Crippen LogP contribution is 2.42. The van der Waals surface area contributed by atoms with Gasteiger partial charge in [0.15, 0.2) is 6.04 Å². The maximum atomic E-state index is 14.6. The molecule has 7 atom stereocenters. The van der Waals surface area contributed by atoms with E-state index in [0.717, 1.165) is 38.5 Å². The van der Waals surface area contributed by atoms with Crippen LogP contribution in [0.3, 0.4) is 0 Å². The van der Waals surface area contributed by atoms with Crippen LogP contribution in [0.4, 0.5) is 4.39 Å². The quantitative estimate of drug-likeness (QED) is 0.250. The number of amides is 1. The van der Waals surface area contributed by atoms with Crippen LogP contribution in [0.1, 0.15) is 72.6 Å². The molecule has 204 valence electrons. The fourth-order valence-electron chi connectivity index (χ4n) is 6.19. The molecule has 0 aromatic rings. The summed E-state index contributed by atoms with van der Waals surface area (Å²) in [6.07, 6.45) is 9.40. The van der Waals surface area contributed by atoms with Gasteiger partial charge in [0.2, 0.25) is 5.91 Å². The number of carbonyl (C=O) groups is 1. The van der Waals surface area contributed by atoms with Crippen molar-refractivity contribution in [3.8, 4) is 0 Å². The van der Waals surface area contributed by atoms with Crippen LogP contribution in [0.15, 0.2) is 11.9 Å². The summed E-state index contributed by atoms with van der Waals surface area (Å²) in [7, 11) is 3.63. The lowest BCUT2D eigenvalue weighted by Gasteiger charge is -2.41. The normalized spacial score (nSPS) is 34.9. The van der Waals surface area contributed by atoms with Crippen molar-refractivity contribution in [3.63, 3.8) is 0 Å². The summed E-state index contributed by atoms with van der Waals surface area (Å²) in [4.78, 5) is 13.9. The number of ether oxygens (including phenoxy) is 1. The Morgan fingerprint density at radius 2 is 2.06 bits per heavy atom. The molecule has 0 saturated carbocycles. The monoisotopic (exact) mass is 516 g/mol. The first-order valence-corrected chi connectivity index (χ1v) is 14.9. The number of hydrogen-bond acceptors (Lipinski definition) is 5. The van der Waals surface area contributed by atoms with Crippen molar-refractivity contribution in [2.24, 2.45) is 28.2 Å². The lowest BCUT2D eigenvalue weighted by Crippen LogP contribution is -2.61. The summed E-state index contributed by atoms with van der Waals surface area (Å²) in [5.74, 6) is -0.993. The minimum absolute atomic E-state index is 0.0811. The molecule has 1 amide bonds. The Morgan fingerprint density at radius 1 is 1.37 bits per heavy atom. The van der Waals surface area contributed by atoms with Crippen molar-refractivity contribution in [2.75, 3.05) is 33.6 Å². The Balaban J connectivity index is 2.39. The maximum Gasteiger partial charge on any atom is 0.228 e. The van der Waals surface area contributed by atoms with Crippen molar-refractivity contribution in [1.29, 1.82) is 0 Å². The van der Waals surface area contributed by atoms with E-state index in [9.17, 15) is 9.18 Å². The summed E-state index contributed by atoms with van der Waals surface area (Å²) in [5, 5.41) is 6.61. The number of nitrogens with two attached hydrogens (primary N) is 2. The Kier molecular flexibility index (Phi) is 11.3.